The van der Waals surface area contributed by atoms with Gasteiger partial charge in [0.05, 0.1) is 25.8 Å². The lowest BCUT2D eigenvalue weighted by atomic mass is 9.75. The van der Waals surface area contributed by atoms with Crippen molar-refractivity contribution in [1.29, 1.82) is 0 Å². The molecule has 2 aromatic carbocycles. The fourth-order valence-corrected chi connectivity index (χ4v) is 4.36. The van der Waals surface area contributed by atoms with Crippen LogP contribution in [0.5, 0.6) is 17.2 Å². The molecule has 0 saturated carbocycles. The topological polar surface area (TPSA) is 62.2 Å². The third kappa shape index (κ3) is 4.72. The van der Waals surface area contributed by atoms with Crippen LogP contribution in [0.4, 0.5) is 0 Å². The van der Waals surface area contributed by atoms with Crippen LogP contribution >= 0.6 is 11.6 Å². The second-order valence-electron chi connectivity index (χ2n) is 7.63. The second kappa shape index (κ2) is 9.03. The molecule has 0 spiro atoms. The quantitative estimate of drug-likeness (QED) is 0.732. The summed E-state index contributed by atoms with van der Waals surface area (Å²) in [6.07, 6.45) is 2.81. The summed E-state index contributed by atoms with van der Waals surface area (Å²) in [5.41, 5.74) is 1.97. The van der Waals surface area contributed by atoms with E-state index in [0.29, 0.717) is 12.3 Å². The molecular formula is C22H28ClNO4. The summed E-state index contributed by atoms with van der Waals surface area (Å²) in [5.74, 6) is 1.18. The molecule has 1 fully saturated rings. The van der Waals surface area contributed by atoms with Gasteiger partial charge in [-0.1, -0.05) is 23.7 Å². The maximum absolute atomic E-state index is 10.2. The number of likely N-dealkylation sites (tertiary alicyclic amines) is 1. The van der Waals surface area contributed by atoms with E-state index < -0.39 is 0 Å². The fraction of sp³-hybridized carbons (Fsp3) is 0.455. The minimum atomic E-state index is -0.185. The molecule has 0 aliphatic carbocycles. The molecular weight excluding hydrogens is 378 g/mol. The van der Waals surface area contributed by atoms with Gasteiger partial charge in [0.25, 0.3) is 0 Å². The summed E-state index contributed by atoms with van der Waals surface area (Å²) >= 11 is 6.13. The van der Waals surface area contributed by atoms with Crippen molar-refractivity contribution in [3.05, 3.63) is 52.5 Å². The Morgan fingerprint density at radius 2 is 1.96 bits per heavy atom. The molecule has 152 valence electrons. The van der Waals surface area contributed by atoms with Crippen molar-refractivity contribution in [2.45, 2.75) is 25.8 Å². The maximum Gasteiger partial charge on any atom is 0.176 e. The van der Waals surface area contributed by atoms with Gasteiger partial charge in [0.15, 0.2) is 11.5 Å². The number of aliphatic hydroxyl groups excluding tert-OH is 1. The summed E-state index contributed by atoms with van der Waals surface area (Å²) in [5, 5.41) is 20.5. The fourth-order valence-electron chi connectivity index (χ4n) is 4.12. The highest BCUT2D eigenvalue weighted by atomic mass is 35.5. The minimum absolute atomic E-state index is 0.0331. The molecule has 28 heavy (non-hydrogen) atoms. The van der Waals surface area contributed by atoms with E-state index >= 15 is 0 Å². The zero-order chi connectivity index (χ0) is 20.1. The van der Waals surface area contributed by atoms with Crippen LogP contribution in [0.2, 0.25) is 5.02 Å². The first-order valence-electron chi connectivity index (χ1n) is 9.50. The van der Waals surface area contributed by atoms with Gasteiger partial charge in [-0.3, -0.25) is 4.90 Å². The van der Waals surface area contributed by atoms with Crippen LogP contribution in [-0.4, -0.2) is 49.0 Å². The second-order valence-corrected chi connectivity index (χ2v) is 8.04. The van der Waals surface area contributed by atoms with Gasteiger partial charge >= 0.3 is 0 Å². The number of hydrogen-bond donors (Lipinski definition) is 2. The number of ether oxygens (including phenoxy) is 2. The van der Waals surface area contributed by atoms with E-state index in [-0.39, 0.29) is 22.8 Å². The monoisotopic (exact) mass is 405 g/mol. The SMILES string of the molecule is COc1cccc(C[C@]2(CO)CCCN(Cc3cc(Cl)c(O)c(OC)c3)C2)c1. The van der Waals surface area contributed by atoms with Gasteiger partial charge < -0.3 is 19.7 Å². The standard InChI is InChI=1S/C22H28ClNO4/c1-27-18-6-3-5-16(9-18)12-22(15-25)7-4-8-24(14-22)13-17-10-19(23)21(26)20(11-17)28-2/h3,5-6,9-11,25-26H,4,7-8,12-15H2,1-2H3/t22-/m1/s1. The predicted octanol–water partition coefficient (Wildman–Crippen LogP) is 3.88. The Morgan fingerprint density at radius 3 is 2.68 bits per heavy atom. The van der Waals surface area contributed by atoms with Crippen molar-refractivity contribution in [3.63, 3.8) is 0 Å². The molecule has 0 unspecified atom stereocenters. The maximum atomic E-state index is 10.2. The molecule has 3 rings (SSSR count). The third-order valence-corrected chi connectivity index (χ3v) is 5.79. The smallest absolute Gasteiger partial charge is 0.176 e. The van der Waals surface area contributed by atoms with Crippen LogP contribution in [0.15, 0.2) is 36.4 Å². The van der Waals surface area contributed by atoms with E-state index in [1.54, 1.807) is 13.2 Å². The van der Waals surface area contributed by atoms with Gasteiger partial charge in [0.2, 0.25) is 0 Å². The molecule has 1 atom stereocenters. The molecule has 0 radical (unpaired) electrons. The summed E-state index contributed by atoms with van der Waals surface area (Å²) < 4.78 is 10.5. The number of nitrogens with zero attached hydrogens (tertiary/aromatic N) is 1. The lowest BCUT2D eigenvalue weighted by molar-refractivity contribution is 0.0288. The zero-order valence-corrected chi connectivity index (χ0v) is 17.2. The Bertz CT molecular complexity index is 813. The molecule has 5 nitrogen and oxygen atoms in total. The molecule has 0 amide bonds. The van der Waals surface area contributed by atoms with Crippen LogP contribution in [0.25, 0.3) is 0 Å². The molecule has 1 heterocycles. The molecule has 1 aliphatic rings. The van der Waals surface area contributed by atoms with E-state index in [1.807, 2.05) is 24.3 Å². The molecule has 2 N–H and O–H groups in total. The van der Waals surface area contributed by atoms with Gasteiger partial charge in [0, 0.05) is 18.5 Å². The Balaban J connectivity index is 1.75. The van der Waals surface area contributed by atoms with Gasteiger partial charge in [-0.2, -0.15) is 0 Å². The normalized spacial score (nSPS) is 20.1. The first-order chi connectivity index (χ1) is 13.5. The highest BCUT2D eigenvalue weighted by Crippen LogP contribution is 2.37. The summed E-state index contributed by atoms with van der Waals surface area (Å²) in [6.45, 7) is 2.58. The summed E-state index contributed by atoms with van der Waals surface area (Å²) in [7, 11) is 3.18. The van der Waals surface area contributed by atoms with Gasteiger partial charge in [0.1, 0.15) is 5.75 Å². The van der Waals surface area contributed by atoms with E-state index in [2.05, 4.69) is 11.0 Å². The van der Waals surface area contributed by atoms with Gasteiger partial charge in [-0.15, -0.1) is 0 Å². The lowest BCUT2D eigenvalue weighted by Gasteiger charge is -2.42. The van der Waals surface area contributed by atoms with Crippen LogP contribution in [-0.2, 0) is 13.0 Å². The number of rotatable bonds is 7. The molecule has 0 bridgehead atoms. The molecule has 6 heteroatoms. The number of phenolic OH excluding ortho intramolecular Hbond substituents is 1. The van der Waals surface area contributed by atoms with Crippen LogP contribution < -0.4 is 9.47 Å². The van der Waals surface area contributed by atoms with E-state index in [9.17, 15) is 10.2 Å². The Kier molecular flexibility index (Phi) is 6.70. The first kappa shape index (κ1) is 20.8. The van der Waals surface area contributed by atoms with Crippen molar-refractivity contribution in [1.82, 2.24) is 4.90 Å². The zero-order valence-electron chi connectivity index (χ0n) is 16.4. The number of hydrogen-bond acceptors (Lipinski definition) is 5. The van der Waals surface area contributed by atoms with Gasteiger partial charge in [-0.25, -0.2) is 0 Å². The number of aromatic hydroxyl groups is 1. The van der Waals surface area contributed by atoms with Crippen molar-refractivity contribution in [2.75, 3.05) is 33.9 Å². The van der Waals surface area contributed by atoms with Crippen LogP contribution in [0, 0.1) is 5.41 Å². The molecule has 2 aromatic rings. The number of benzene rings is 2. The van der Waals surface area contributed by atoms with Crippen molar-refractivity contribution in [2.24, 2.45) is 5.41 Å². The van der Waals surface area contributed by atoms with Crippen LogP contribution in [0.3, 0.4) is 0 Å². The van der Waals surface area contributed by atoms with E-state index in [1.165, 1.54) is 12.7 Å². The molecule has 1 saturated heterocycles. The Hall–Kier alpha value is -1.95. The summed E-state index contributed by atoms with van der Waals surface area (Å²) in [6, 6.07) is 11.6. The third-order valence-electron chi connectivity index (χ3n) is 5.50. The van der Waals surface area contributed by atoms with Crippen molar-refractivity contribution < 1.29 is 19.7 Å². The molecule has 0 aromatic heterocycles. The minimum Gasteiger partial charge on any atom is -0.503 e. The number of halogens is 1. The highest BCUT2D eigenvalue weighted by Gasteiger charge is 2.35. The largest absolute Gasteiger partial charge is 0.503 e. The summed E-state index contributed by atoms with van der Waals surface area (Å²) in [4.78, 5) is 2.34. The average molecular weight is 406 g/mol. The number of phenols is 1. The van der Waals surface area contributed by atoms with E-state index in [4.69, 9.17) is 21.1 Å². The van der Waals surface area contributed by atoms with E-state index in [0.717, 1.165) is 43.7 Å². The highest BCUT2D eigenvalue weighted by molar-refractivity contribution is 6.32. The lowest BCUT2D eigenvalue weighted by Crippen LogP contribution is -2.46. The Labute approximate surface area is 171 Å². The number of piperidine rings is 1. The molecule has 1 aliphatic heterocycles. The van der Waals surface area contributed by atoms with Crippen molar-refractivity contribution in [3.8, 4) is 17.2 Å². The average Bonchev–Trinajstić information content (AvgIpc) is 2.71. The number of methoxy groups -OCH3 is 2. The Morgan fingerprint density at radius 1 is 1.14 bits per heavy atom. The van der Waals surface area contributed by atoms with Gasteiger partial charge in [-0.05, 0) is 61.2 Å². The number of aliphatic hydroxyl groups is 1. The van der Waals surface area contributed by atoms with Crippen LogP contribution in [0.1, 0.15) is 24.0 Å². The predicted molar refractivity (Wildman–Crippen MR) is 110 cm³/mol. The first-order valence-corrected chi connectivity index (χ1v) is 9.88. The van der Waals surface area contributed by atoms with Crippen molar-refractivity contribution >= 4 is 11.6 Å².